The van der Waals surface area contributed by atoms with E-state index >= 15 is 0 Å². The van der Waals surface area contributed by atoms with Crippen LogP contribution < -0.4 is 0 Å². The molecule has 0 saturated heterocycles. The minimum Gasteiger partial charge on any atom is -0.373 e. The lowest BCUT2D eigenvalue weighted by Gasteiger charge is -2.16. The largest absolute Gasteiger partial charge is 0.373 e. The second-order valence-corrected chi connectivity index (χ2v) is 2.78. The maximum Gasteiger partial charge on any atom is 0.0871 e. The molecule has 0 fully saturated rings. The van der Waals surface area contributed by atoms with Gasteiger partial charge in [0, 0.05) is 18.4 Å². The Bertz CT molecular complexity index is 239. The van der Waals surface area contributed by atoms with E-state index < -0.39 is 0 Å². The summed E-state index contributed by atoms with van der Waals surface area (Å²) < 4.78 is 7.60. The van der Waals surface area contributed by atoms with Gasteiger partial charge >= 0.3 is 0 Å². The van der Waals surface area contributed by atoms with E-state index in [4.69, 9.17) is 4.74 Å². The van der Waals surface area contributed by atoms with Crippen LogP contribution in [0.5, 0.6) is 0 Å². The van der Waals surface area contributed by atoms with Gasteiger partial charge in [-0.05, 0) is 25.0 Å². The molecule has 0 bridgehead atoms. The van der Waals surface area contributed by atoms with E-state index in [1.54, 1.807) is 0 Å². The highest BCUT2D eigenvalue weighted by Gasteiger charge is 2.11. The highest BCUT2D eigenvalue weighted by atomic mass is 16.5. The molecule has 1 aromatic heterocycles. The molecule has 1 aromatic rings. The summed E-state index contributed by atoms with van der Waals surface area (Å²) in [7, 11) is 0. The summed E-state index contributed by atoms with van der Waals surface area (Å²) in [5.74, 6) is 0. The van der Waals surface area contributed by atoms with Gasteiger partial charge in [-0.25, -0.2) is 0 Å². The van der Waals surface area contributed by atoms with E-state index in [0.717, 1.165) is 26.2 Å². The van der Waals surface area contributed by atoms with Gasteiger partial charge in [0.05, 0.1) is 13.2 Å². The molecule has 1 aliphatic heterocycles. The van der Waals surface area contributed by atoms with Crippen molar-refractivity contribution in [2.24, 2.45) is 0 Å². The van der Waals surface area contributed by atoms with Crippen LogP contribution in [0, 0.1) is 6.92 Å². The number of rotatable bonds is 1. The maximum absolute atomic E-state index is 5.35. The molecule has 1 radical (unpaired) electrons. The molecule has 59 valence electrons. The fourth-order valence-electron chi connectivity index (χ4n) is 1.50. The molecule has 0 aromatic carbocycles. The molecular formula is C9H12NO. The minimum absolute atomic E-state index is 0.762. The number of nitrogens with zero attached hydrogens (tertiary/aromatic N) is 1. The van der Waals surface area contributed by atoms with Crippen molar-refractivity contribution in [3.05, 3.63) is 30.4 Å². The predicted octanol–water partition coefficient (Wildman–Crippen LogP) is 1.39. The number of hydrogen-bond donors (Lipinski definition) is 0. The zero-order chi connectivity index (χ0) is 7.68. The number of ether oxygens (including phenoxy) is 1. The van der Waals surface area contributed by atoms with Gasteiger partial charge in [0.25, 0.3) is 0 Å². The van der Waals surface area contributed by atoms with Crippen LogP contribution in [0.4, 0.5) is 0 Å². The molecule has 0 unspecified atom stereocenters. The summed E-state index contributed by atoms with van der Waals surface area (Å²) in [5, 5.41) is 0. The van der Waals surface area contributed by atoms with Crippen molar-refractivity contribution in [1.82, 2.24) is 4.57 Å². The Hall–Kier alpha value is -0.760. The van der Waals surface area contributed by atoms with E-state index in [-0.39, 0.29) is 0 Å². The summed E-state index contributed by atoms with van der Waals surface area (Å²) in [4.78, 5) is 0. The summed E-state index contributed by atoms with van der Waals surface area (Å²) >= 11 is 0. The second-order valence-electron chi connectivity index (χ2n) is 2.78. The Morgan fingerprint density at radius 1 is 1.64 bits per heavy atom. The first-order valence-corrected chi connectivity index (χ1v) is 3.95. The van der Waals surface area contributed by atoms with Gasteiger partial charge in [-0.1, -0.05) is 0 Å². The van der Waals surface area contributed by atoms with Gasteiger partial charge in [-0.2, -0.15) is 0 Å². The third-order valence-corrected chi connectivity index (χ3v) is 2.16. The molecule has 2 nitrogen and oxygen atoms in total. The lowest BCUT2D eigenvalue weighted by Crippen LogP contribution is -2.16. The number of aromatic nitrogens is 1. The van der Waals surface area contributed by atoms with Crippen molar-refractivity contribution in [3.8, 4) is 0 Å². The number of fused-ring (bicyclic) bond motifs is 1. The fourth-order valence-corrected chi connectivity index (χ4v) is 1.50. The van der Waals surface area contributed by atoms with E-state index in [1.807, 2.05) is 0 Å². The first-order valence-electron chi connectivity index (χ1n) is 3.95. The first kappa shape index (κ1) is 6.92. The third-order valence-electron chi connectivity index (χ3n) is 2.16. The van der Waals surface area contributed by atoms with Gasteiger partial charge in [-0.3, -0.25) is 0 Å². The van der Waals surface area contributed by atoms with Gasteiger partial charge in [0.2, 0.25) is 0 Å². The molecule has 0 amide bonds. The summed E-state index contributed by atoms with van der Waals surface area (Å²) in [5.41, 5.74) is 2.64. The van der Waals surface area contributed by atoms with Crippen molar-refractivity contribution < 1.29 is 4.74 Å². The second kappa shape index (κ2) is 2.70. The van der Waals surface area contributed by atoms with Crippen molar-refractivity contribution in [2.75, 3.05) is 6.61 Å². The van der Waals surface area contributed by atoms with E-state index in [0.29, 0.717) is 0 Å². The molecule has 0 N–H and O–H groups in total. The third kappa shape index (κ3) is 1.07. The van der Waals surface area contributed by atoms with Crippen molar-refractivity contribution in [1.29, 1.82) is 0 Å². The Morgan fingerprint density at radius 2 is 2.55 bits per heavy atom. The van der Waals surface area contributed by atoms with Crippen LogP contribution in [0.1, 0.15) is 11.3 Å². The zero-order valence-corrected chi connectivity index (χ0v) is 6.55. The SMILES string of the molecule is [CH2]Cc1ccn2c1COCC2. The van der Waals surface area contributed by atoms with E-state index in [9.17, 15) is 0 Å². The van der Waals surface area contributed by atoms with Gasteiger partial charge in [-0.15, -0.1) is 0 Å². The van der Waals surface area contributed by atoms with Gasteiger partial charge < -0.3 is 9.30 Å². The topological polar surface area (TPSA) is 14.2 Å². The molecule has 11 heavy (non-hydrogen) atoms. The van der Waals surface area contributed by atoms with Gasteiger partial charge in [0.15, 0.2) is 0 Å². The molecule has 0 aliphatic carbocycles. The maximum atomic E-state index is 5.35. The van der Waals surface area contributed by atoms with Crippen LogP contribution in [0.2, 0.25) is 0 Å². The van der Waals surface area contributed by atoms with Crippen LogP contribution in [0.15, 0.2) is 12.3 Å². The Kier molecular flexibility index (Phi) is 1.70. The molecular weight excluding hydrogens is 138 g/mol. The predicted molar refractivity (Wildman–Crippen MR) is 43.1 cm³/mol. The molecule has 2 rings (SSSR count). The molecule has 2 heteroatoms. The molecule has 0 saturated carbocycles. The highest BCUT2D eigenvalue weighted by Crippen LogP contribution is 2.16. The van der Waals surface area contributed by atoms with Crippen LogP contribution >= 0.6 is 0 Å². The zero-order valence-electron chi connectivity index (χ0n) is 6.55. The van der Waals surface area contributed by atoms with Crippen molar-refractivity contribution >= 4 is 0 Å². The van der Waals surface area contributed by atoms with Gasteiger partial charge in [0.1, 0.15) is 0 Å². The van der Waals surface area contributed by atoms with E-state index in [1.165, 1.54) is 11.3 Å². The summed E-state index contributed by atoms with van der Waals surface area (Å²) in [6.07, 6.45) is 2.99. The Balaban J connectivity index is 2.38. The summed E-state index contributed by atoms with van der Waals surface area (Å²) in [6.45, 7) is 6.47. The molecule has 0 spiro atoms. The fraction of sp³-hybridized carbons (Fsp3) is 0.444. The van der Waals surface area contributed by atoms with Crippen molar-refractivity contribution in [2.45, 2.75) is 19.6 Å². The number of hydrogen-bond acceptors (Lipinski definition) is 1. The first-order chi connectivity index (χ1) is 5.42. The molecule has 2 heterocycles. The molecule has 1 aliphatic rings. The van der Waals surface area contributed by atoms with Crippen LogP contribution in [-0.2, 0) is 24.3 Å². The molecule has 0 atom stereocenters. The monoisotopic (exact) mass is 150 g/mol. The van der Waals surface area contributed by atoms with Crippen LogP contribution in [0.3, 0.4) is 0 Å². The van der Waals surface area contributed by atoms with E-state index in [2.05, 4.69) is 23.8 Å². The average Bonchev–Trinajstić information content (AvgIpc) is 2.47. The average molecular weight is 150 g/mol. The highest BCUT2D eigenvalue weighted by molar-refractivity contribution is 5.23. The Labute approximate surface area is 66.8 Å². The normalized spacial score (nSPS) is 16.5. The standard InChI is InChI=1S/C9H12NO/c1-2-8-3-4-10-5-6-11-7-9(8)10/h3-4H,1-2,5-7H2. The van der Waals surface area contributed by atoms with Crippen LogP contribution in [0.25, 0.3) is 0 Å². The Morgan fingerprint density at radius 3 is 3.36 bits per heavy atom. The minimum atomic E-state index is 0.762. The quantitative estimate of drug-likeness (QED) is 0.590. The smallest absolute Gasteiger partial charge is 0.0871 e. The van der Waals surface area contributed by atoms with Crippen LogP contribution in [-0.4, -0.2) is 11.2 Å². The lowest BCUT2D eigenvalue weighted by molar-refractivity contribution is 0.0844. The summed E-state index contributed by atoms with van der Waals surface area (Å²) in [6, 6.07) is 2.14. The lowest BCUT2D eigenvalue weighted by atomic mass is 10.2. The van der Waals surface area contributed by atoms with Crippen molar-refractivity contribution in [3.63, 3.8) is 0 Å².